The molecule has 0 radical (unpaired) electrons. The Morgan fingerprint density at radius 2 is 1.95 bits per heavy atom. The Balaban J connectivity index is 2.03. The first-order valence-electron chi connectivity index (χ1n) is 6.85. The number of hydrogen-bond acceptors (Lipinski definition) is 4. The van der Waals surface area contributed by atoms with Gasteiger partial charge in [-0.1, -0.05) is 30.3 Å². The molecule has 0 bridgehead atoms. The molecule has 0 aliphatic carbocycles. The van der Waals surface area contributed by atoms with E-state index in [-0.39, 0.29) is 5.88 Å². The maximum atomic E-state index is 10.7. The summed E-state index contributed by atoms with van der Waals surface area (Å²) < 4.78 is 5.35. The fraction of sp³-hybridized carbons (Fsp3) is 0.286. The number of quaternary nitrogens is 1. The Morgan fingerprint density at radius 1 is 1.24 bits per heavy atom. The third kappa shape index (κ3) is 2.82. The van der Waals surface area contributed by atoms with Gasteiger partial charge in [-0.2, -0.15) is 0 Å². The molecule has 0 saturated carbocycles. The summed E-state index contributed by atoms with van der Waals surface area (Å²) in [4.78, 5) is 12.8. The maximum Gasteiger partial charge on any atom is 0.102 e. The standard InChI is InChI=1S/C14H15N4O3/c19-18(20)16-14-13(17-8-6-15-7-9-17)12(10-21-14)11-4-2-1-3-5-11/h1-5,10,15H,6-9H2/q-1/p+1. The van der Waals surface area contributed by atoms with E-state index in [2.05, 4.69) is 15.6 Å². The third-order valence-corrected chi connectivity index (χ3v) is 3.53. The molecule has 1 aromatic heterocycles. The van der Waals surface area contributed by atoms with Gasteiger partial charge < -0.3 is 20.1 Å². The van der Waals surface area contributed by atoms with Crippen LogP contribution in [0.25, 0.3) is 16.6 Å². The van der Waals surface area contributed by atoms with Gasteiger partial charge in [-0.25, -0.2) is 0 Å². The normalized spacial score (nSPS) is 15.0. The molecule has 1 aromatic carbocycles. The van der Waals surface area contributed by atoms with Crippen molar-refractivity contribution in [1.29, 1.82) is 0 Å². The number of nitro groups is 1. The Kier molecular flexibility index (Phi) is 3.74. The molecular weight excluding hydrogens is 272 g/mol. The van der Waals surface area contributed by atoms with Crippen LogP contribution in [0.3, 0.4) is 0 Å². The molecular formula is C14H16N4O3. The summed E-state index contributed by atoms with van der Waals surface area (Å²) in [6.45, 7) is 3.55. The van der Waals surface area contributed by atoms with Crippen molar-refractivity contribution >= 4 is 11.6 Å². The van der Waals surface area contributed by atoms with Crippen LogP contribution in [0.1, 0.15) is 0 Å². The minimum absolute atomic E-state index is 0.0701. The summed E-state index contributed by atoms with van der Waals surface area (Å²) in [5, 5.41) is 12.2. The number of furan rings is 1. The van der Waals surface area contributed by atoms with Crippen molar-refractivity contribution in [1.82, 2.24) is 0 Å². The highest BCUT2D eigenvalue weighted by molar-refractivity contribution is 5.86. The van der Waals surface area contributed by atoms with E-state index in [4.69, 9.17) is 4.42 Å². The van der Waals surface area contributed by atoms with Gasteiger partial charge in [0.05, 0.1) is 38.1 Å². The molecule has 110 valence electrons. The zero-order chi connectivity index (χ0) is 14.7. The smallest absolute Gasteiger partial charge is 0.102 e. The molecule has 2 N–H and O–H groups in total. The number of hydrogen-bond donors (Lipinski definition) is 1. The van der Waals surface area contributed by atoms with Crippen molar-refractivity contribution in [3.05, 3.63) is 52.1 Å². The highest BCUT2D eigenvalue weighted by Gasteiger charge is 2.21. The molecule has 2 heterocycles. The second-order valence-electron chi connectivity index (χ2n) is 4.86. The topological polar surface area (TPSA) is 90.2 Å². The number of rotatable bonds is 4. The van der Waals surface area contributed by atoms with Crippen molar-refractivity contribution in [2.45, 2.75) is 0 Å². The van der Waals surface area contributed by atoms with Gasteiger partial charge in [0.2, 0.25) is 0 Å². The molecule has 7 nitrogen and oxygen atoms in total. The summed E-state index contributed by atoms with van der Waals surface area (Å²) in [5.41, 5.74) is 5.91. The van der Waals surface area contributed by atoms with E-state index in [1.54, 1.807) is 6.26 Å². The summed E-state index contributed by atoms with van der Waals surface area (Å²) in [6, 6.07) is 9.71. The Morgan fingerprint density at radius 3 is 2.62 bits per heavy atom. The van der Waals surface area contributed by atoms with Crippen molar-refractivity contribution in [2.24, 2.45) is 0 Å². The van der Waals surface area contributed by atoms with Gasteiger partial charge in [0.15, 0.2) is 0 Å². The van der Waals surface area contributed by atoms with Gasteiger partial charge in [0.1, 0.15) is 5.88 Å². The average Bonchev–Trinajstić information content (AvgIpc) is 2.92. The summed E-state index contributed by atoms with van der Waals surface area (Å²) >= 11 is 0. The van der Waals surface area contributed by atoms with E-state index in [0.717, 1.165) is 37.3 Å². The molecule has 1 aliphatic heterocycles. The molecule has 2 aromatic rings. The highest BCUT2D eigenvalue weighted by atomic mass is 16.7. The summed E-state index contributed by atoms with van der Waals surface area (Å²) in [6.07, 6.45) is 1.55. The second-order valence-corrected chi connectivity index (χ2v) is 4.86. The summed E-state index contributed by atoms with van der Waals surface area (Å²) in [5.74, 6) is 0.0701. The SMILES string of the molecule is O=[N+]([O-])[N-]c1occ(-c2ccccc2)c1N1CC[NH2+]CC1. The monoisotopic (exact) mass is 288 g/mol. The van der Waals surface area contributed by atoms with Crippen LogP contribution in [0.2, 0.25) is 0 Å². The van der Waals surface area contributed by atoms with Gasteiger partial charge in [0.25, 0.3) is 0 Å². The lowest BCUT2D eigenvalue weighted by Crippen LogP contribution is -2.89. The highest BCUT2D eigenvalue weighted by Crippen LogP contribution is 2.42. The minimum Gasteiger partial charge on any atom is -0.480 e. The van der Waals surface area contributed by atoms with Crippen molar-refractivity contribution in [2.75, 3.05) is 31.1 Å². The zero-order valence-electron chi connectivity index (χ0n) is 11.4. The Labute approximate surface area is 121 Å². The Bertz CT molecular complexity index is 620. The second kappa shape index (κ2) is 5.84. The number of nitrogens with zero attached hydrogens (tertiary/aromatic N) is 3. The number of benzene rings is 1. The van der Waals surface area contributed by atoms with E-state index in [1.807, 2.05) is 30.3 Å². The van der Waals surface area contributed by atoms with Crippen LogP contribution in [-0.4, -0.2) is 31.2 Å². The van der Waals surface area contributed by atoms with Crippen LogP contribution >= 0.6 is 0 Å². The fourth-order valence-corrected chi connectivity index (χ4v) is 2.59. The molecule has 0 spiro atoms. The van der Waals surface area contributed by atoms with Gasteiger partial charge in [-0.05, 0) is 10.6 Å². The molecule has 1 saturated heterocycles. The lowest BCUT2D eigenvalue weighted by molar-refractivity contribution is -0.655. The first kappa shape index (κ1) is 13.4. The van der Waals surface area contributed by atoms with Crippen LogP contribution in [-0.2, 0) is 0 Å². The quantitative estimate of drug-likeness (QED) is 0.682. The molecule has 1 aliphatic rings. The minimum atomic E-state index is -0.715. The van der Waals surface area contributed by atoms with Crippen LogP contribution in [0.5, 0.6) is 0 Å². The fourth-order valence-electron chi connectivity index (χ4n) is 2.59. The van der Waals surface area contributed by atoms with E-state index in [0.29, 0.717) is 5.69 Å². The van der Waals surface area contributed by atoms with E-state index < -0.39 is 5.03 Å². The predicted octanol–water partition coefficient (Wildman–Crippen LogP) is 1.53. The molecule has 21 heavy (non-hydrogen) atoms. The largest absolute Gasteiger partial charge is 0.480 e. The number of nitrogens with two attached hydrogens (primary N) is 1. The molecule has 0 amide bonds. The van der Waals surface area contributed by atoms with E-state index >= 15 is 0 Å². The van der Waals surface area contributed by atoms with E-state index in [1.165, 1.54) is 0 Å². The Hall–Kier alpha value is -2.54. The number of anilines is 1. The van der Waals surface area contributed by atoms with Crippen LogP contribution in [0.15, 0.2) is 41.0 Å². The van der Waals surface area contributed by atoms with Gasteiger partial charge >= 0.3 is 0 Å². The number of piperazine rings is 1. The lowest BCUT2D eigenvalue weighted by atomic mass is 10.1. The average molecular weight is 288 g/mol. The molecule has 3 rings (SSSR count). The van der Waals surface area contributed by atoms with Gasteiger partial charge in [-0.15, -0.1) is 0 Å². The predicted molar refractivity (Wildman–Crippen MR) is 78.0 cm³/mol. The zero-order valence-corrected chi connectivity index (χ0v) is 11.4. The maximum absolute atomic E-state index is 10.7. The van der Waals surface area contributed by atoms with E-state index in [9.17, 15) is 10.1 Å². The molecule has 7 heteroatoms. The molecule has 0 atom stereocenters. The van der Waals surface area contributed by atoms with Crippen LogP contribution in [0.4, 0.5) is 11.6 Å². The molecule has 0 unspecified atom stereocenters. The van der Waals surface area contributed by atoms with Gasteiger partial charge in [0, 0.05) is 5.56 Å². The van der Waals surface area contributed by atoms with Crippen molar-refractivity contribution in [3.8, 4) is 11.1 Å². The molecule has 1 fully saturated rings. The van der Waals surface area contributed by atoms with Crippen LogP contribution in [0, 0.1) is 10.1 Å². The lowest BCUT2D eigenvalue weighted by Gasteiger charge is -2.29. The van der Waals surface area contributed by atoms with Crippen molar-refractivity contribution < 1.29 is 14.8 Å². The van der Waals surface area contributed by atoms with Crippen molar-refractivity contribution in [3.63, 3.8) is 0 Å². The first-order chi connectivity index (χ1) is 10.3. The van der Waals surface area contributed by atoms with Crippen LogP contribution < -0.4 is 10.2 Å². The third-order valence-electron chi connectivity index (χ3n) is 3.53. The van der Waals surface area contributed by atoms with Gasteiger partial charge in [-0.3, -0.25) is 10.1 Å². The first-order valence-corrected chi connectivity index (χ1v) is 6.85. The summed E-state index contributed by atoms with van der Waals surface area (Å²) in [7, 11) is 0.